The number of carbonyl (C=O) groups excluding carboxylic acids is 1. The van der Waals surface area contributed by atoms with Gasteiger partial charge in [-0.2, -0.15) is 10.2 Å². The molecule has 2 N–H and O–H groups in total. The Labute approximate surface area is 159 Å². The van der Waals surface area contributed by atoms with E-state index in [4.69, 9.17) is 0 Å². The van der Waals surface area contributed by atoms with E-state index in [1.807, 2.05) is 56.8 Å². The van der Waals surface area contributed by atoms with Gasteiger partial charge in [0, 0.05) is 32.1 Å². The van der Waals surface area contributed by atoms with Gasteiger partial charge in [-0.05, 0) is 11.5 Å². The summed E-state index contributed by atoms with van der Waals surface area (Å²) in [5.74, 6) is 0.235. The molecule has 0 saturated heterocycles. The van der Waals surface area contributed by atoms with Gasteiger partial charge in [-0.25, -0.2) is 0 Å². The van der Waals surface area contributed by atoms with Crippen molar-refractivity contribution in [3.8, 4) is 11.3 Å². The number of nitrogens with zero attached hydrogens (tertiary/aromatic N) is 4. The Morgan fingerprint density at radius 3 is 2.48 bits per heavy atom. The Morgan fingerprint density at radius 2 is 1.85 bits per heavy atom. The zero-order valence-electron chi connectivity index (χ0n) is 16.2. The molecule has 0 spiro atoms. The van der Waals surface area contributed by atoms with E-state index in [1.165, 1.54) is 0 Å². The second-order valence-electron chi connectivity index (χ2n) is 7.02. The molecule has 3 aromatic rings. The van der Waals surface area contributed by atoms with E-state index in [0.29, 0.717) is 5.92 Å². The van der Waals surface area contributed by atoms with E-state index in [0.717, 1.165) is 22.5 Å². The number of benzene rings is 1. The number of carbonyl (C=O) groups is 1. The topological polar surface area (TPSA) is 76.8 Å². The first kappa shape index (κ1) is 18.7. The standard InChI is InChI=1S/C20H26N6O/c1-14(2)19(15-8-6-5-7-9-15)23-18(27)11-21-17-13-26(4)24-20(17)16-10-22-25(3)12-16/h5-10,12-14,19,21H,11H2,1-4H3,(H,23,27). The van der Waals surface area contributed by atoms with E-state index in [-0.39, 0.29) is 18.5 Å². The summed E-state index contributed by atoms with van der Waals surface area (Å²) in [6.07, 6.45) is 5.53. The lowest BCUT2D eigenvalue weighted by molar-refractivity contribution is -0.120. The largest absolute Gasteiger partial charge is 0.373 e. The first-order chi connectivity index (χ1) is 12.9. The Kier molecular flexibility index (Phi) is 5.59. The Balaban J connectivity index is 1.67. The summed E-state index contributed by atoms with van der Waals surface area (Å²) in [4.78, 5) is 12.5. The van der Waals surface area contributed by atoms with Crippen molar-refractivity contribution >= 4 is 11.6 Å². The number of hydrogen-bond acceptors (Lipinski definition) is 4. The van der Waals surface area contributed by atoms with E-state index in [2.05, 4.69) is 34.7 Å². The third-order valence-corrected chi connectivity index (χ3v) is 4.39. The highest BCUT2D eigenvalue weighted by molar-refractivity contribution is 5.83. The van der Waals surface area contributed by atoms with Crippen LogP contribution in [0.25, 0.3) is 11.3 Å². The zero-order chi connectivity index (χ0) is 19.4. The van der Waals surface area contributed by atoms with Crippen LogP contribution in [-0.2, 0) is 18.9 Å². The molecule has 3 rings (SSSR count). The van der Waals surface area contributed by atoms with Crippen LogP contribution >= 0.6 is 0 Å². The summed E-state index contributed by atoms with van der Waals surface area (Å²) in [5.41, 5.74) is 3.60. The molecule has 0 saturated carbocycles. The number of hydrogen-bond donors (Lipinski definition) is 2. The van der Waals surface area contributed by atoms with Gasteiger partial charge in [0.2, 0.25) is 5.91 Å². The van der Waals surface area contributed by atoms with Gasteiger partial charge in [-0.1, -0.05) is 44.2 Å². The summed E-state index contributed by atoms with van der Waals surface area (Å²) >= 11 is 0. The van der Waals surface area contributed by atoms with Crippen molar-refractivity contribution in [2.75, 3.05) is 11.9 Å². The maximum atomic E-state index is 12.5. The van der Waals surface area contributed by atoms with Gasteiger partial charge < -0.3 is 10.6 Å². The lowest BCUT2D eigenvalue weighted by Gasteiger charge is -2.23. The predicted octanol–water partition coefficient (Wildman–Crippen LogP) is 2.75. The molecule has 7 nitrogen and oxygen atoms in total. The summed E-state index contributed by atoms with van der Waals surface area (Å²) in [5, 5.41) is 15.0. The Bertz CT molecular complexity index is 896. The minimum Gasteiger partial charge on any atom is -0.373 e. The maximum absolute atomic E-state index is 12.5. The maximum Gasteiger partial charge on any atom is 0.239 e. The molecule has 1 atom stereocenters. The molecule has 0 aliphatic rings. The van der Waals surface area contributed by atoms with Crippen molar-refractivity contribution in [2.45, 2.75) is 19.9 Å². The zero-order valence-corrected chi connectivity index (χ0v) is 16.2. The second-order valence-corrected chi connectivity index (χ2v) is 7.02. The van der Waals surface area contributed by atoms with Gasteiger partial charge in [0.05, 0.1) is 24.5 Å². The van der Waals surface area contributed by atoms with Crippen LogP contribution in [0.5, 0.6) is 0 Å². The number of rotatable bonds is 7. The minimum atomic E-state index is -0.0569. The van der Waals surface area contributed by atoms with E-state index in [9.17, 15) is 4.79 Å². The highest BCUT2D eigenvalue weighted by atomic mass is 16.2. The fraction of sp³-hybridized carbons (Fsp3) is 0.350. The Morgan fingerprint density at radius 1 is 1.11 bits per heavy atom. The average Bonchev–Trinajstić information content (AvgIpc) is 3.23. The smallest absolute Gasteiger partial charge is 0.239 e. The second kappa shape index (κ2) is 8.07. The van der Waals surface area contributed by atoms with Crippen LogP contribution in [0, 0.1) is 5.92 Å². The molecular formula is C20H26N6O. The number of aromatic nitrogens is 4. The predicted molar refractivity (Wildman–Crippen MR) is 106 cm³/mol. The highest BCUT2D eigenvalue weighted by Gasteiger charge is 2.19. The minimum absolute atomic E-state index is 0.0211. The Hall–Kier alpha value is -3.09. The van der Waals surface area contributed by atoms with E-state index in [1.54, 1.807) is 15.6 Å². The average molecular weight is 366 g/mol. The number of amides is 1. The van der Waals surface area contributed by atoms with Gasteiger partial charge in [0.25, 0.3) is 0 Å². The number of aryl methyl sites for hydroxylation is 2. The third kappa shape index (κ3) is 4.55. The molecule has 7 heteroatoms. The van der Waals surface area contributed by atoms with Gasteiger partial charge in [-0.15, -0.1) is 0 Å². The van der Waals surface area contributed by atoms with Gasteiger partial charge in [-0.3, -0.25) is 14.2 Å². The molecule has 2 heterocycles. The van der Waals surface area contributed by atoms with Crippen LogP contribution in [-0.4, -0.2) is 32.0 Å². The molecule has 1 amide bonds. The fourth-order valence-electron chi connectivity index (χ4n) is 3.07. The van der Waals surface area contributed by atoms with Crippen LogP contribution in [0.4, 0.5) is 5.69 Å². The van der Waals surface area contributed by atoms with Gasteiger partial charge in [0.15, 0.2) is 0 Å². The molecule has 0 radical (unpaired) electrons. The van der Waals surface area contributed by atoms with Crippen molar-refractivity contribution in [3.63, 3.8) is 0 Å². The summed E-state index contributed by atoms with van der Waals surface area (Å²) in [7, 11) is 3.72. The van der Waals surface area contributed by atoms with Crippen LogP contribution in [0.1, 0.15) is 25.5 Å². The van der Waals surface area contributed by atoms with Gasteiger partial charge in [0.1, 0.15) is 5.69 Å². The number of nitrogens with one attached hydrogen (secondary N) is 2. The molecule has 0 fully saturated rings. The molecule has 27 heavy (non-hydrogen) atoms. The van der Waals surface area contributed by atoms with E-state index < -0.39 is 0 Å². The summed E-state index contributed by atoms with van der Waals surface area (Å²) in [6.45, 7) is 4.38. The van der Waals surface area contributed by atoms with E-state index >= 15 is 0 Å². The van der Waals surface area contributed by atoms with Crippen molar-refractivity contribution < 1.29 is 4.79 Å². The first-order valence-corrected chi connectivity index (χ1v) is 9.05. The molecule has 1 aromatic carbocycles. The molecule has 2 aromatic heterocycles. The monoisotopic (exact) mass is 366 g/mol. The molecule has 0 aliphatic heterocycles. The lowest BCUT2D eigenvalue weighted by Crippen LogP contribution is -2.35. The van der Waals surface area contributed by atoms with Gasteiger partial charge >= 0.3 is 0 Å². The van der Waals surface area contributed by atoms with Crippen LogP contribution in [0.3, 0.4) is 0 Å². The normalized spacial score (nSPS) is 12.2. The fourth-order valence-corrected chi connectivity index (χ4v) is 3.07. The third-order valence-electron chi connectivity index (χ3n) is 4.39. The quantitative estimate of drug-likeness (QED) is 0.674. The lowest BCUT2D eigenvalue weighted by atomic mass is 9.96. The number of anilines is 1. The summed E-state index contributed by atoms with van der Waals surface area (Å²) < 4.78 is 3.46. The highest BCUT2D eigenvalue weighted by Crippen LogP contribution is 2.25. The van der Waals surface area contributed by atoms with Crippen molar-refractivity contribution in [1.82, 2.24) is 24.9 Å². The molecule has 1 unspecified atom stereocenters. The molecular weight excluding hydrogens is 340 g/mol. The van der Waals surface area contributed by atoms with Crippen LogP contribution < -0.4 is 10.6 Å². The SMILES string of the molecule is CC(C)C(NC(=O)CNc1cn(C)nc1-c1cnn(C)c1)c1ccccc1. The molecule has 142 valence electrons. The first-order valence-electron chi connectivity index (χ1n) is 9.05. The summed E-state index contributed by atoms with van der Waals surface area (Å²) in [6, 6.07) is 10.0. The van der Waals surface area contributed by atoms with Crippen LogP contribution in [0.2, 0.25) is 0 Å². The van der Waals surface area contributed by atoms with Crippen molar-refractivity contribution in [3.05, 3.63) is 54.5 Å². The van der Waals surface area contributed by atoms with Crippen molar-refractivity contribution in [2.24, 2.45) is 20.0 Å². The van der Waals surface area contributed by atoms with Crippen LogP contribution in [0.15, 0.2) is 48.9 Å². The van der Waals surface area contributed by atoms with Crippen molar-refractivity contribution in [1.29, 1.82) is 0 Å². The molecule has 0 bridgehead atoms. The molecule has 0 aliphatic carbocycles.